The Balaban J connectivity index is 2.01. The molecular formula is C13H14N2OS. The number of nitrogens with zero attached hydrogens (tertiary/aromatic N) is 1. The number of aromatic nitrogens is 1. The zero-order valence-corrected chi connectivity index (χ0v) is 10.7. The van der Waals surface area contributed by atoms with Crippen molar-refractivity contribution >= 4 is 17.2 Å². The Bertz CT molecular complexity index is 519. The number of amides is 1. The van der Waals surface area contributed by atoms with E-state index in [2.05, 4.69) is 10.3 Å². The highest BCUT2D eigenvalue weighted by Crippen LogP contribution is 2.16. The Morgan fingerprint density at radius 2 is 2.00 bits per heavy atom. The highest BCUT2D eigenvalue weighted by molar-refractivity contribution is 7.13. The zero-order chi connectivity index (χ0) is 12.3. The van der Waals surface area contributed by atoms with Gasteiger partial charge in [-0.2, -0.15) is 0 Å². The number of hydrogen-bond acceptors (Lipinski definition) is 3. The Hall–Kier alpha value is -1.68. The van der Waals surface area contributed by atoms with Crippen molar-refractivity contribution in [2.24, 2.45) is 0 Å². The maximum atomic E-state index is 11.9. The highest BCUT2D eigenvalue weighted by Gasteiger charge is 2.12. The van der Waals surface area contributed by atoms with E-state index < -0.39 is 0 Å². The molecule has 0 radical (unpaired) electrons. The van der Waals surface area contributed by atoms with Crippen LogP contribution in [-0.2, 0) is 6.54 Å². The van der Waals surface area contributed by atoms with E-state index in [9.17, 15) is 4.79 Å². The summed E-state index contributed by atoms with van der Waals surface area (Å²) in [5, 5.41) is 3.82. The first-order valence-electron chi connectivity index (χ1n) is 5.43. The van der Waals surface area contributed by atoms with Crippen LogP contribution in [0.2, 0.25) is 0 Å². The number of carbonyl (C=O) groups is 1. The first kappa shape index (κ1) is 11.8. The predicted molar refractivity (Wildman–Crippen MR) is 69.2 cm³/mol. The van der Waals surface area contributed by atoms with E-state index in [0.29, 0.717) is 11.4 Å². The van der Waals surface area contributed by atoms with Gasteiger partial charge in [0.05, 0.1) is 10.7 Å². The SMILES string of the molecule is Cc1nc(C)c(C(=O)NCc2ccccc2)s1. The van der Waals surface area contributed by atoms with Gasteiger partial charge in [-0.1, -0.05) is 30.3 Å². The molecule has 1 N–H and O–H groups in total. The molecule has 3 nitrogen and oxygen atoms in total. The molecule has 1 aromatic heterocycles. The van der Waals surface area contributed by atoms with Crippen molar-refractivity contribution in [3.05, 3.63) is 51.5 Å². The number of benzene rings is 1. The lowest BCUT2D eigenvalue weighted by atomic mass is 10.2. The van der Waals surface area contributed by atoms with Crippen LogP contribution in [-0.4, -0.2) is 10.9 Å². The topological polar surface area (TPSA) is 42.0 Å². The molecular weight excluding hydrogens is 232 g/mol. The standard InChI is InChI=1S/C13H14N2OS/c1-9-12(17-10(2)15-9)13(16)14-8-11-6-4-3-5-7-11/h3-7H,8H2,1-2H3,(H,14,16). The number of aryl methyl sites for hydroxylation is 2. The molecule has 17 heavy (non-hydrogen) atoms. The molecule has 0 unspecified atom stereocenters. The fourth-order valence-electron chi connectivity index (χ4n) is 1.60. The smallest absolute Gasteiger partial charge is 0.263 e. The first-order valence-corrected chi connectivity index (χ1v) is 6.24. The minimum Gasteiger partial charge on any atom is -0.347 e. The van der Waals surface area contributed by atoms with E-state index in [1.807, 2.05) is 44.2 Å². The van der Waals surface area contributed by atoms with Crippen molar-refractivity contribution < 1.29 is 4.79 Å². The van der Waals surface area contributed by atoms with Gasteiger partial charge in [0.25, 0.3) is 5.91 Å². The van der Waals surface area contributed by atoms with Gasteiger partial charge in [0.15, 0.2) is 0 Å². The minimum absolute atomic E-state index is 0.0445. The van der Waals surface area contributed by atoms with Crippen LogP contribution in [0.25, 0.3) is 0 Å². The van der Waals surface area contributed by atoms with Gasteiger partial charge in [0, 0.05) is 6.54 Å². The number of carbonyl (C=O) groups excluding carboxylic acids is 1. The fraction of sp³-hybridized carbons (Fsp3) is 0.231. The van der Waals surface area contributed by atoms with Gasteiger partial charge in [-0.3, -0.25) is 4.79 Å². The summed E-state index contributed by atoms with van der Waals surface area (Å²) in [6.45, 7) is 4.32. The van der Waals surface area contributed by atoms with Gasteiger partial charge in [-0.15, -0.1) is 11.3 Å². The van der Waals surface area contributed by atoms with E-state index in [1.165, 1.54) is 11.3 Å². The molecule has 0 fully saturated rings. The third-order valence-corrected chi connectivity index (χ3v) is 3.48. The second kappa shape index (κ2) is 5.10. The van der Waals surface area contributed by atoms with Crippen molar-refractivity contribution in [1.29, 1.82) is 0 Å². The normalized spacial score (nSPS) is 10.2. The van der Waals surface area contributed by atoms with Gasteiger partial charge < -0.3 is 5.32 Å². The second-order valence-corrected chi connectivity index (χ2v) is 5.02. The summed E-state index contributed by atoms with van der Waals surface area (Å²) in [6.07, 6.45) is 0. The lowest BCUT2D eigenvalue weighted by molar-refractivity contribution is 0.0954. The summed E-state index contributed by atoms with van der Waals surface area (Å²) in [5.74, 6) is -0.0445. The average Bonchev–Trinajstić information content (AvgIpc) is 2.67. The largest absolute Gasteiger partial charge is 0.347 e. The molecule has 1 amide bonds. The lowest BCUT2D eigenvalue weighted by Gasteiger charge is -2.03. The Kier molecular flexibility index (Phi) is 3.54. The molecule has 1 aromatic carbocycles. The summed E-state index contributed by atoms with van der Waals surface area (Å²) in [6, 6.07) is 9.87. The molecule has 0 saturated carbocycles. The Labute approximate surface area is 105 Å². The molecule has 0 aliphatic carbocycles. The average molecular weight is 246 g/mol. The first-order chi connectivity index (χ1) is 8.16. The van der Waals surface area contributed by atoms with Crippen LogP contribution in [0.1, 0.15) is 25.9 Å². The van der Waals surface area contributed by atoms with Gasteiger partial charge in [-0.25, -0.2) is 4.98 Å². The number of nitrogens with one attached hydrogen (secondary N) is 1. The molecule has 0 aliphatic heterocycles. The molecule has 0 spiro atoms. The van der Waals surface area contributed by atoms with Gasteiger partial charge in [-0.05, 0) is 19.4 Å². The molecule has 1 heterocycles. The summed E-state index contributed by atoms with van der Waals surface area (Å²) < 4.78 is 0. The third-order valence-electron chi connectivity index (χ3n) is 2.41. The van der Waals surface area contributed by atoms with Gasteiger partial charge in [0.2, 0.25) is 0 Å². The van der Waals surface area contributed by atoms with Crippen LogP contribution in [0.5, 0.6) is 0 Å². The summed E-state index contributed by atoms with van der Waals surface area (Å²) in [7, 11) is 0. The number of thiazole rings is 1. The van der Waals surface area contributed by atoms with E-state index in [4.69, 9.17) is 0 Å². The number of rotatable bonds is 3. The van der Waals surface area contributed by atoms with Crippen LogP contribution in [0.15, 0.2) is 30.3 Å². The van der Waals surface area contributed by atoms with Crippen molar-refractivity contribution in [1.82, 2.24) is 10.3 Å². The minimum atomic E-state index is -0.0445. The number of hydrogen-bond donors (Lipinski definition) is 1. The molecule has 2 rings (SSSR count). The molecule has 88 valence electrons. The third kappa shape index (κ3) is 2.91. The lowest BCUT2D eigenvalue weighted by Crippen LogP contribution is -2.22. The Morgan fingerprint density at radius 1 is 1.29 bits per heavy atom. The van der Waals surface area contributed by atoms with Crippen LogP contribution in [0, 0.1) is 13.8 Å². The quantitative estimate of drug-likeness (QED) is 0.904. The fourth-order valence-corrected chi connectivity index (χ4v) is 2.44. The Morgan fingerprint density at radius 3 is 2.59 bits per heavy atom. The second-order valence-electron chi connectivity index (χ2n) is 3.82. The van der Waals surface area contributed by atoms with Crippen LogP contribution in [0.3, 0.4) is 0 Å². The predicted octanol–water partition coefficient (Wildman–Crippen LogP) is 2.69. The van der Waals surface area contributed by atoms with Crippen LogP contribution < -0.4 is 5.32 Å². The van der Waals surface area contributed by atoms with Gasteiger partial charge in [0.1, 0.15) is 4.88 Å². The van der Waals surface area contributed by atoms with E-state index in [-0.39, 0.29) is 5.91 Å². The zero-order valence-electron chi connectivity index (χ0n) is 9.86. The highest BCUT2D eigenvalue weighted by atomic mass is 32.1. The summed E-state index contributed by atoms with van der Waals surface area (Å²) in [4.78, 5) is 16.9. The molecule has 0 saturated heterocycles. The van der Waals surface area contributed by atoms with Crippen LogP contribution >= 0.6 is 11.3 Å². The van der Waals surface area contributed by atoms with E-state index in [1.54, 1.807) is 0 Å². The van der Waals surface area contributed by atoms with Crippen molar-refractivity contribution in [2.45, 2.75) is 20.4 Å². The van der Waals surface area contributed by atoms with Crippen molar-refractivity contribution in [3.8, 4) is 0 Å². The summed E-state index contributed by atoms with van der Waals surface area (Å²) in [5.41, 5.74) is 1.90. The monoisotopic (exact) mass is 246 g/mol. The van der Waals surface area contributed by atoms with Crippen molar-refractivity contribution in [3.63, 3.8) is 0 Å². The van der Waals surface area contributed by atoms with Crippen LogP contribution in [0.4, 0.5) is 0 Å². The molecule has 0 atom stereocenters. The van der Waals surface area contributed by atoms with Gasteiger partial charge >= 0.3 is 0 Å². The van der Waals surface area contributed by atoms with E-state index >= 15 is 0 Å². The molecule has 2 aromatic rings. The molecule has 0 aliphatic rings. The summed E-state index contributed by atoms with van der Waals surface area (Å²) >= 11 is 1.43. The van der Waals surface area contributed by atoms with Crippen molar-refractivity contribution in [2.75, 3.05) is 0 Å². The molecule has 0 bridgehead atoms. The molecule has 4 heteroatoms. The van der Waals surface area contributed by atoms with E-state index in [0.717, 1.165) is 16.3 Å². The maximum absolute atomic E-state index is 11.9. The maximum Gasteiger partial charge on any atom is 0.263 e.